The molecule has 104 valence electrons. The quantitative estimate of drug-likeness (QED) is 0.758. The average molecular weight is 313 g/mol. The SMILES string of the molecule is Cc1ccc(S(=O)(=O)N[C@@H]2CCNC[C@H]2O)s1.Cl. The summed E-state index contributed by atoms with van der Waals surface area (Å²) in [7, 11) is -3.49. The van der Waals surface area contributed by atoms with E-state index in [9.17, 15) is 13.5 Å². The number of aliphatic hydroxyl groups excluding tert-OH is 1. The van der Waals surface area contributed by atoms with Gasteiger partial charge in [0.1, 0.15) is 4.21 Å². The van der Waals surface area contributed by atoms with Crippen LogP contribution in [0.1, 0.15) is 11.3 Å². The van der Waals surface area contributed by atoms with Crippen LogP contribution in [-0.2, 0) is 10.0 Å². The fourth-order valence-electron chi connectivity index (χ4n) is 1.79. The molecule has 0 radical (unpaired) electrons. The van der Waals surface area contributed by atoms with Gasteiger partial charge in [0.2, 0.25) is 10.0 Å². The van der Waals surface area contributed by atoms with E-state index in [0.717, 1.165) is 4.88 Å². The highest BCUT2D eigenvalue weighted by molar-refractivity contribution is 7.91. The monoisotopic (exact) mass is 312 g/mol. The number of halogens is 1. The predicted octanol–water partition coefficient (Wildman–Crippen LogP) is 0.479. The molecule has 3 N–H and O–H groups in total. The van der Waals surface area contributed by atoms with Crippen molar-refractivity contribution in [1.29, 1.82) is 0 Å². The van der Waals surface area contributed by atoms with Gasteiger partial charge in [-0.1, -0.05) is 0 Å². The summed E-state index contributed by atoms with van der Waals surface area (Å²) < 4.78 is 26.9. The second-order valence-corrected chi connectivity index (χ2v) is 7.38. The first-order valence-electron chi connectivity index (χ1n) is 5.46. The Hall–Kier alpha value is -0.180. The van der Waals surface area contributed by atoms with Crippen LogP contribution in [-0.4, -0.2) is 38.8 Å². The Labute approximate surface area is 117 Å². The molecular weight excluding hydrogens is 296 g/mol. The van der Waals surface area contributed by atoms with E-state index in [1.165, 1.54) is 11.3 Å². The van der Waals surface area contributed by atoms with E-state index < -0.39 is 22.2 Å². The summed E-state index contributed by atoms with van der Waals surface area (Å²) in [6.45, 7) is 3.01. The molecule has 1 aliphatic heterocycles. The summed E-state index contributed by atoms with van der Waals surface area (Å²) in [5, 5.41) is 12.7. The summed E-state index contributed by atoms with van der Waals surface area (Å²) in [5.41, 5.74) is 0. The Morgan fingerprint density at radius 3 is 2.78 bits per heavy atom. The average Bonchev–Trinajstić information content (AvgIpc) is 2.69. The Bertz CT molecular complexity index is 489. The molecule has 0 aromatic carbocycles. The minimum Gasteiger partial charge on any atom is -0.390 e. The van der Waals surface area contributed by atoms with Crippen molar-refractivity contribution in [2.75, 3.05) is 13.1 Å². The topological polar surface area (TPSA) is 78.4 Å². The molecule has 2 atom stereocenters. The largest absolute Gasteiger partial charge is 0.390 e. The molecule has 0 amide bonds. The molecule has 2 rings (SSSR count). The Kier molecular flexibility index (Phi) is 5.57. The lowest BCUT2D eigenvalue weighted by Gasteiger charge is -2.28. The van der Waals surface area contributed by atoms with Gasteiger partial charge in [-0.15, -0.1) is 23.7 Å². The maximum Gasteiger partial charge on any atom is 0.250 e. The van der Waals surface area contributed by atoms with Crippen LogP contribution in [0, 0.1) is 6.92 Å². The minimum atomic E-state index is -3.49. The lowest BCUT2D eigenvalue weighted by Crippen LogP contribution is -2.52. The van der Waals surface area contributed by atoms with Crippen molar-refractivity contribution in [2.24, 2.45) is 0 Å². The lowest BCUT2D eigenvalue weighted by atomic mass is 10.1. The molecule has 1 saturated heterocycles. The van der Waals surface area contributed by atoms with E-state index in [0.29, 0.717) is 23.7 Å². The molecular formula is C10H17ClN2O3S2. The summed E-state index contributed by atoms with van der Waals surface area (Å²) in [6.07, 6.45) is -0.0651. The number of β-amino-alcohol motifs (C(OH)–C–C–N with tert-alkyl or cyclic N) is 1. The number of nitrogens with one attached hydrogen (secondary N) is 2. The number of thiophene rings is 1. The first kappa shape index (κ1) is 15.9. The van der Waals surface area contributed by atoms with Crippen molar-refractivity contribution in [3.63, 3.8) is 0 Å². The maximum atomic E-state index is 12.0. The van der Waals surface area contributed by atoms with Crippen LogP contribution in [0.15, 0.2) is 16.3 Å². The third-order valence-electron chi connectivity index (χ3n) is 2.74. The summed E-state index contributed by atoms with van der Waals surface area (Å²) >= 11 is 1.24. The molecule has 0 unspecified atom stereocenters. The van der Waals surface area contributed by atoms with E-state index in [-0.39, 0.29) is 12.4 Å². The van der Waals surface area contributed by atoms with Crippen molar-refractivity contribution in [3.05, 3.63) is 17.0 Å². The summed E-state index contributed by atoms with van der Waals surface area (Å²) in [6, 6.07) is 2.97. The molecule has 2 heterocycles. The second kappa shape index (κ2) is 6.31. The van der Waals surface area contributed by atoms with E-state index in [1.807, 2.05) is 6.92 Å². The molecule has 1 fully saturated rings. The standard InChI is InChI=1S/C10H16N2O3S2.ClH/c1-7-2-3-10(16-7)17(14,15)12-8-4-5-11-6-9(8)13;/h2-3,8-9,11-13H,4-6H2,1H3;1H/t8-,9-;/m1./s1. The van der Waals surface area contributed by atoms with Gasteiger partial charge >= 0.3 is 0 Å². The Morgan fingerprint density at radius 2 is 2.22 bits per heavy atom. The fraction of sp³-hybridized carbons (Fsp3) is 0.600. The van der Waals surface area contributed by atoms with Gasteiger partial charge in [-0.3, -0.25) is 0 Å². The van der Waals surface area contributed by atoms with Gasteiger partial charge in [0.05, 0.1) is 12.1 Å². The predicted molar refractivity (Wildman–Crippen MR) is 73.9 cm³/mol. The van der Waals surface area contributed by atoms with Crippen molar-refractivity contribution in [1.82, 2.24) is 10.0 Å². The number of aryl methyl sites for hydroxylation is 1. The second-order valence-electron chi connectivity index (χ2n) is 4.15. The highest BCUT2D eigenvalue weighted by atomic mass is 35.5. The van der Waals surface area contributed by atoms with Crippen LogP contribution in [0.4, 0.5) is 0 Å². The number of piperidine rings is 1. The highest BCUT2D eigenvalue weighted by Gasteiger charge is 2.28. The lowest BCUT2D eigenvalue weighted by molar-refractivity contribution is 0.113. The normalized spacial score (nSPS) is 24.6. The van der Waals surface area contributed by atoms with Crippen molar-refractivity contribution >= 4 is 33.8 Å². The number of sulfonamides is 1. The van der Waals surface area contributed by atoms with Crippen LogP contribution < -0.4 is 10.0 Å². The molecule has 1 aromatic heterocycles. The number of hydrogen-bond donors (Lipinski definition) is 3. The zero-order valence-corrected chi connectivity index (χ0v) is 12.4. The van der Waals surface area contributed by atoms with Crippen molar-refractivity contribution in [2.45, 2.75) is 29.7 Å². The first-order valence-corrected chi connectivity index (χ1v) is 7.76. The molecule has 8 heteroatoms. The summed E-state index contributed by atoms with van der Waals surface area (Å²) in [5.74, 6) is 0. The molecule has 0 saturated carbocycles. The van der Waals surface area contributed by atoms with E-state index in [4.69, 9.17) is 0 Å². The number of aliphatic hydroxyl groups is 1. The molecule has 0 spiro atoms. The zero-order chi connectivity index (χ0) is 12.5. The van der Waals surface area contributed by atoms with Crippen LogP contribution in [0.3, 0.4) is 0 Å². The van der Waals surface area contributed by atoms with E-state index in [1.54, 1.807) is 12.1 Å². The fourth-order valence-corrected chi connectivity index (χ4v) is 4.40. The molecule has 1 aliphatic rings. The minimum absolute atomic E-state index is 0. The molecule has 0 aliphatic carbocycles. The van der Waals surface area contributed by atoms with Gasteiger partial charge in [0.15, 0.2) is 0 Å². The van der Waals surface area contributed by atoms with Crippen LogP contribution in [0.25, 0.3) is 0 Å². The van der Waals surface area contributed by atoms with Crippen molar-refractivity contribution in [3.8, 4) is 0 Å². The van der Waals surface area contributed by atoms with Gasteiger partial charge in [-0.2, -0.15) is 0 Å². The smallest absolute Gasteiger partial charge is 0.250 e. The van der Waals surface area contributed by atoms with Crippen molar-refractivity contribution < 1.29 is 13.5 Å². The van der Waals surface area contributed by atoms with Gasteiger partial charge < -0.3 is 10.4 Å². The number of rotatable bonds is 3. The maximum absolute atomic E-state index is 12.0. The van der Waals surface area contributed by atoms with Gasteiger partial charge in [0, 0.05) is 11.4 Å². The third-order valence-corrected chi connectivity index (χ3v) is 5.72. The molecule has 1 aromatic rings. The first-order chi connectivity index (χ1) is 7.99. The number of hydrogen-bond acceptors (Lipinski definition) is 5. The summed E-state index contributed by atoms with van der Waals surface area (Å²) in [4.78, 5) is 0.955. The van der Waals surface area contributed by atoms with Crippen LogP contribution >= 0.6 is 23.7 Å². The van der Waals surface area contributed by atoms with Crippen LogP contribution in [0.5, 0.6) is 0 Å². The highest BCUT2D eigenvalue weighted by Crippen LogP contribution is 2.21. The zero-order valence-electron chi connectivity index (χ0n) is 9.92. The molecule has 18 heavy (non-hydrogen) atoms. The third kappa shape index (κ3) is 3.66. The van der Waals surface area contributed by atoms with Gasteiger partial charge in [-0.25, -0.2) is 13.1 Å². The van der Waals surface area contributed by atoms with Gasteiger partial charge in [-0.05, 0) is 32.0 Å². The van der Waals surface area contributed by atoms with E-state index in [2.05, 4.69) is 10.0 Å². The molecule has 5 nitrogen and oxygen atoms in total. The Balaban J connectivity index is 0.00000162. The molecule has 0 bridgehead atoms. The Morgan fingerprint density at radius 1 is 1.50 bits per heavy atom. The van der Waals surface area contributed by atoms with E-state index >= 15 is 0 Å². The van der Waals surface area contributed by atoms with Crippen LogP contribution in [0.2, 0.25) is 0 Å². The van der Waals surface area contributed by atoms with Gasteiger partial charge in [0.25, 0.3) is 0 Å².